The van der Waals surface area contributed by atoms with E-state index in [-0.39, 0.29) is 22.6 Å². The molecule has 4 rings (SSSR count). The molecule has 2 N–H and O–H groups in total. The largest absolute Gasteiger partial charge is 0.506 e. The van der Waals surface area contributed by atoms with Crippen LogP contribution < -0.4 is 5.32 Å². The zero-order valence-corrected chi connectivity index (χ0v) is 16.2. The minimum atomic E-state index is -0.184. The summed E-state index contributed by atoms with van der Waals surface area (Å²) in [7, 11) is 0. The van der Waals surface area contributed by atoms with E-state index in [0.717, 1.165) is 22.5 Å². The Bertz CT molecular complexity index is 1080. The van der Waals surface area contributed by atoms with Crippen molar-refractivity contribution in [2.45, 2.75) is 12.3 Å². The summed E-state index contributed by atoms with van der Waals surface area (Å²) in [4.78, 5) is 16.6. The fourth-order valence-electron chi connectivity index (χ4n) is 3.26. The molecule has 0 aliphatic carbocycles. The molecule has 140 valence electrons. The number of benzene rings is 3. The minimum absolute atomic E-state index is 0.0246. The van der Waals surface area contributed by atoms with Gasteiger partial charge in [-0.25, -0.2) is 0 Å². The number of nitrogens with one attached hydrogen (secondary N) is 1. The number of aliphatic imine (C=N–C) groups is 1. The van der Waals surface area contributed by atoms with Crippen LogP contribution >= 0.6 is 23.2 Å². The zero-order chi connectivity index (χ0) is 19.7. The highest BCUT2D eigenvalue weighted by Gasteiger charge is 2.29. The summed E-state index contributed by atoms with van der Waals surface area (Å²) in [5.74, 6) is -0.218. The highest BCUT2D eigenvalue weighted by atomic mass is 35.5. The first kappa shape index (κ1) is 18.5. The van der Waals surface area contributed by atoms with Crippen molar-refractivity contribution in [3.8, 4) is 5.75 Å². The maximum absolute atomic E-state index is 12.3. The van der Waals surface area contributed by atoms with Gasteiger partial charge in [-0.1, -0.05) is 53.5 Å². The molecule has 1 atom stereocenters. The number of amides is 1. The van der Waals surface area contributed by atoms with Crippen molar-refractivity contribution in [3.05, 3.63) is 87.4 Å². The SMILES string of the molecule is O=C1Nc2ccccc2[C@H]1Cc1ccc(N=Cc2cc(Cl)cc(Cl)c2O)cc1. The van der Waals surface area contributed by atoms with E-state index in [1.165, 1.54) is 12.3 Å². The summed E-state index contributed by atoms with van der Waals surface area (Å²) >= 11 is 11.9. The Balaban J connectivity index is 1.50. The number of aromatic hydroxyl groups is 1. The summed E-state index contributed by atoms with van der Waals surface area (Å²) in [5.41, 5.74) is 4.13. The van der Waals surface area contributed by atoms with Gasteiger partial charge in [0.15, 0.2) is 0 Å². The van der Waals surface area contributed by atoms with Gasteiger partial charge < -0.3 is 10.4 Å². The van der Waals surface area contributed by atoms with Gasteiger partial charge >= 0.3 is 0 Å². The van der Waals surface area contributed by atoms with E-state index in [1.54, 1.807) is 6.07 Å². The van der Waals surface area contributed by atoms with Crippen LogP contribution in [0.5, 0.6) is 5.75 Å². The second-order valence-electron chi connectivity index (χ2n) is 6.58. The van der Waals surface area contributed by atoms with Crippen molar-refractivity contribution in [1.82, 2.24) is 0 Å². The van der Waals surface area contributed by atoms with E-state index in [9.17, 15) is 9.90 Å². The number of fused-ring (bicyclic) bond motifs is 1. The highest BCUT2D eigenvalue weighted by molar-refractivity contribution is 6.36. The van der Waals surface area contributed by atoms with Crippen molar-refractivity contribution in [1.29, 1.82) is 0 Å². The maximum Gasteiger partial charge on any atom is 0.232 e. The van der Waals surface area contributed by atoms with Crippen molar-refractivity contribution >= 4 is 46.7 Å². The van der Waals surface area contributed by atoms with Gasteiger partial charge in [0.05, 0.1) is 16.6 Å². The van der Waals surface area contributed by atoms with E-state index in [4.69, 9.17) is 23.2 Å². The lowest BCUT2D eigenvalue weighted by Crippen LogP contribution is -2.14. The molecule has 0 unspecified atom stereocenters. The van der Waals surface area contributed by atoms with Gasteiger partial charge in [0.2, 0.25) is 5.91 Å². The highest BCUT2D eigenvalue weighted by Crippen LogP contribution is 2.35. The second-order valence-corrected chi connectivity index (χ2v) is 7.43. The number of para-hydroxylation sites is 1. The third kappa shape index (κ3) is 3.75. The molecule has 0 fully saturated rings. The van der Waals surface area contributed by atoms with Crippen molar-refractivity contribution in [2.24, 2.45) is 4.99 Å². The molecule has 0 saturated heterocycles. The van der Waals surface area contributed by atoms with E-state index < -0.39 is 0 Å². The molecule has 28 heavy (non-hydrogen) atoms. The van der Waals surface area contributed by atoms with E-state index >= 15 is 0 Å². The Morgan fingerprint density at radius 3 is 2.61 bits per heavy atom. The first-order valence-electron chi connectivity index (χ1n) is 8.72. The smallest absolute Gasteiger partial charge is 0.232 e. The number of rotatable bonds is 4. The fraction of sp³-hybridized carbons (Fsp3) is 0.0909. The van der Waals surface area contributed by atoms with E-state index in [0.29, 0.717) is 17.0 Å². The van der Waals surface area contributed by atoms with E-state index in [1.807, 2.05) is 48.5 Å². The number of hydrogen-bond donors (Lipinski definition) is 2. The molecule has 0 saturated carbocycles. The van der Waals surface area contributed by atoms with Crippen LogP contribution in [0.2, 0.25) is 10.0 Å². The standard InChI is InChI=1S/C22H16Cl2N2O2/c23-15-10-14(21(27)19(24)11-15)12-25-16-7-5-13(6-8-16)9-18-17-3-1-2-4-20(17)26-22(18)28/h1-8,10-12,18,27H,9H2,(H,26,28)/t18-/m1/s1. The van der Waals surface area contributed by atoms with Crippen LogP contribution in [0.1, 0.15) is 22.6 Å². The molecule has 0 bridgehead atoms. The number of nitrogens with zero attached hydrogens (tertiary/aromatic N) is 1. The van der Waals surface area contributed by atoms with Crippen LogP contribution in [-0.2, 0) is 11.2 Å². The van der Waals surface area contributed by atoms with Gasteiger partial charge in [-0.05, 0) is 47.9 Å². The molecule has 1 aliphatic rings. The molecule has 4 nitrogen and oxygen atoms in total. The van der Waals surface area contributed by atoms with Gasteiger partial charge in [0.1, 0.15) is 5.75 Å². The first-order valence-corrected chi connectivity index (χ1v) is 9.47. The summed E-state index contributed by atoms with van der Waals surface area (Å²) in [6.07, 6.45) is 2.14. The second kappa shape index (κ2) is 7.66. The van der Waals surface area contributed by atoms with Crippen molar-refractivity contribution in [3.63, 3.8) is 0 Å². The fourth-order valence-corrected chi connectivity index (χ4v) is 3.77. The average Bonchev–Trinajstić information content (AvgIpc) is 3.00. The Hall–Kier alpha value is -2.82. The molecule has 0 radical (unpaired) electrons. The Labute approximate surface area is 172 Å². The molecular weight excluding hydrogens is 395 g/mol. The third-order valence-corrected chi connectivity index (χ3v) is 5.20. The lowest BCUT2D eigenvalue weighted by molar-refractivity contribution is -0.117. The van der Waals surface area contributed by atoms with Crippen LogP contribution in [-0.4, -0.2) is 17.2 Å². The zero-order valence-electron chi connectivity index (χ0n) is 14.7. The number of anilines is 1. The van der Waals surface area contributed by atoms with Gasteiger partial charge in [-0.3, -0.25) is 9.79 Å². The summed E-state index contributed by atoms with van der Waals surface area (Å²) < 4.78 is 0. The number of carbonyl (C=O) groups is 1. The Morgan fingerprint density at radius 2 is 1.82 bits per heavy atom. The normalized spacial score (nSPS) is 15.6. The average molecular weight is 411 g/mol. The quantitative estimate of drug-likeness (QED) is 0.539. The van der Waals surface area contributed by atoms with Crippen LogP contribution in [0.3, 0.4) is 0 Å². The molecule has 3 aromatic carbocycles. The third-order valence-electron chi connectivity index (χ3n) is 4.70. The number of phenols is 1. The topological polar surface area (TPSA) is 61.7 Å². The summed E-state index contributed by atoms with van der Waals surface area (Å²) in [6.45, 7) is 0. The van der Waals surface area contributed by atoms with Crippen LogP contribution in [0.25, 0.3) is 0 Å². The Kier molecular flexibility index (Phi) is 5.07. The maximum atomic E-state index is 12.3. The molecule has 3 aromatic rings. The predicted molar refractivity (Wildman–Crippen MR) is 113 cm³/mol. The minimum Gasteiger partial charge on any atom is -0.506 e. The lowest BCUT2D eigenvalue weighted by Gasteiger charge is -2.09. The first-order chi connectivity index (χ1) is 13.5. The molecule has 1 aliphatic heterocycles. The van der Waals surface area contributed by atoms with Crippen LogP contribution in [0.4, 0.5) is 11.4 Å². The van der Waals surface area contributed by atoms with Gasteiger partial charge in [0.25, 0.3) is 0 Å². The number of halogens is 2. The number of phenolic OH excluding ortho intramolecular Hbond substituents is 1. The van der Waals surface area contributed by atoms with Gasteiger partial charge in [-0.15, -0.1) is 0 Å². The van der Waals surface area contributed by atoms with Crippen molar-refractivity contribution in [2.75, 3.05) is 5.32 Å². The summed E-state index contributed by atoms with van der Waals surface area (Å²) in [6, 6.07) is 18.5. The van der Waals surface area contributed by atoms with Crippen LogP contribution in [0, 0.1) is 0 Å². The number of carbonyl (C=O) groups excluding carboxylic acids is 1. The lowest BCUT2D eigenvalue weighted by atomic mass is 9.93. The molecule has 1 amide bonds. The van der Waals surface area contributed by atoms with Gasteiger partial charge in [-0.2, -0.15) is 0 Å². The molecule has 1 heterocycles. The molecule has 6 heteroatoms. The molecular formula is C22H16Cl2N2O2. The monoisotopic (exact) mass is 410 g/mol. The van der Waals surface area contributed by atoms with E-state index in [2.05, 4.69) is 10.3 Å². The predicted octanol–water partition coefficient (Wildman–Crippen LogP) is 5.73. The number of hydrogen-bond acceptors (Lipinski definition) is 3. The Morgan fingerprint density at radius 1 is 1.07 bits per heavy atom. The van der Waals surface area contributed by atoms with Crippen LogP contribution in [0.15, 0.2) is 65.7 Å². The molecule has 0 aromatic heterocycles. The van der Waals surface area contributed by atoms with Crippen molar-refractivity contribution < 1.29 is 9.90 Å². The van der Waals surface area contributed by atoms with Gasteiger partial charge in [0, 0.05) is 22.5 Å². The molecule has 0 spiro atoms. The summed E-state index contributed by atoms with van der Waals surface area (Å²) in [5, 5.41) is 13.5.